The van der Waals surface area contributed by atoms with Gasteiger partial charge in [0.2, 0.25) is 0 Å². The molecule has 2 aromatic carbocycles. The van der Waals surface area contributed by atoms with Crippen molar-refractivity contribution in [3.8, 4) is 11.1 Å². The summed E-state index contributed by atoms with van der Waals surface area (Å²) in [6, 6.07) is 8.44. The van der Waals surface area contributed by atoms with E-state index < -0.39 is 9.85 Å². The average molecular weight is 313 g/mol. The number of hydrogen-bond acceptors (Lipinski definition) is 4. The Morgan fingerprint density at radius 2 is 1.10 bits per heavy atom. The van der Waals surface area contributed by atoms with E-state index in [0.29, 0.717) is 0 Å². The summed E-state index contributed by atoms with van der Waals surface area (Å²) in [7, 11) is 0. The van der Waals surface area contributed by atoms with Crippen LogP contribution in [0.1, 0.15) is 0 Å². The van der Waals surface area contributed by atoms with Crippen LogP contribution in [0.4, 0.5) is 11.4 Å². The molecule has 0 aliphatic heterocycles. The van der Waals surface area contributed by atoms with Gasteiger partial charge in [-0.15, -0.1) is 0 Å². The fourth-order valence-electron chi connectivity index (χ4n) is 1.84. The van der Waals surface area contributed by atoms with Gasteiger partial charge in [-0.25, -0.2) is 0 Å². The van der Waals surface area contributed by atoms with Crippen LogP contribution in [0.5, 0.6) is 0 Å². The van der Waals surface area contributed by atoms with Crippen LogP contribution in [0, 0.1) is 20.2 Å². The Morgan fingerprint density at radius 3 is 1.40 bits per heavy atom. The second kappa shape index (κ2) is 5.44. The van der Waals surface area contributed by atoms with Crippen LogP contribution < -0.4 is 0 Å². The van der Waals surface area contributed by atoms with E-state index in [0.717, 1.165) is 0 Å². The van der Waals surface area contributed by atoms with Gasteiger partial charge < -0.3 is 0 Å². The van der Waals surface area contributed by atoms with E-state index in [1.165, 1.54) is 36.4 Å². The van der Waals surface area contributed by atoms with Crippen LogP contribution >= 0.6 is 23.2 Å². The van der Waals surface area contributed by atoms with Gasteiger partial charge in [-0.05, 0) is 24.3 Å². The van der Waals surface area contributed by atoms with E-state index in [-0.39, 0.29) is 32.5 Å². The number of halogens is 2. The Labute approximate surface area is 122 Å². The molecule has 0 saturated heterocycles. The predicted octanol–water partition coefficient (Wildman–Crippen LogP) is 4.48. The molecule has 0 aliphatic carbocycles. The molecule has 0 atom stereocenters. The van der Waals surface area contributed by atoms with E-state index in [1.807, 2.05) is 0 Å². The largest absolute Gasteiger partial charge is 0.295 e. The SMILES string of the molecule is O=[N+]([O-])c1c(Cl)cccc1-c1cccc(Cl)c1[N+](=O)[O-]. The first-order valence-electron chi connectivity index (χ1n) is 5.29. The first-order valence-corrected chi connectivity index (χ1v) is 6.05. The Kier molecular flexibility index (Phi) is 3.87. The minimum atomic E-state index is -0.678. The minimum absolute atomic E-state index is 0.0525. The Morgan fingerprint density at radius 1 is 0.750 bits per heavy atom. The summed E-state index contributed by atoms with van der Waals surface area (Å²) in [5, 5.41) is 22.0. The van der Waals surface area contributed by atoms with Gasteiger partial charge in [0.1, 0.15) is 10.0 Å². The van der Waals surface area contributed by atoms with Crippen LogP contribution in [0.25, 0.3) is 11.1 Å². The lowest BCUT2D eigenvalue weighted by atomic mass is 10.0. The quantitative estimate of drug-likeness (QED) is 0.617. The van der Waals surface area contributed by atoms with Gasteiger partial charge in [-0.3, -0.25) is 20.2 Å². The van der Waals surface area contributed by atoms with Gasteiger partial charge in [0.05, 0.1) is 21.0 Å². The molecule has 0 spiro atoms. The van der Waals surface area contributed by atoms with Crippen LogP contribution in [-0.2, 0) is 0 Å². The van der Waals surface area contributed by atoms with E-state index in [4.69, 9.17) is 23.2 Å². The molecule has 0 saturated carbocycles. The summed E-state index contributed by atoms with van der Waals surface area (Å²) in [6.45, 7) is 0. The fraction of sp³-hybridized carbons (Fsp3) is 0. The molecule has 8 heteroatoms. The van der Waals surface area contributed by atoms with Crippen molar-refractivity contribution in [3.63, 3.8) is 0 Å². The molecule has 20 heavy (non-hydrogen) atoms. The van der Waals surface area contributed by atoms with Crippen LogP contribution in [0.3, 0.4) is 0 Å². The molecule has 0 radical (unpaired) electrons. The first kappa shape index (κ1) is 14.2. The van der Waals surface area contributed by atoms with Crippen molar-refractivity contribution in [1.82, 2.24) is 0 Å². The van der Waals surface area contributed by atoms with Crippen LogP contribution in [0.2, 0.25) is 10.0 Å². The minimum Gasteiger partial charge on any atom is -0.258 e. The van der Waals surface area contributed by atoms with Crippen molar-refractivity contribution in [1.29, 1.82) is 0 Å². The second-order valence-corrected chi connectivity index (χ2v) is 4.60. The Bertz CT molecular complexity index is 657. The molecular weight excluding hydrogens is 307 g/mol. The van der Waals surface area contributed by atoms with Gasteiger partial charge in [-0.1, -0.05) is 35.3 Å². The van der Waals surface area contributed by atoms with Crippen molar-refractivity contribution >= 4 is 34.6 Å². The summed E-state index contributed by atoms with van der Waals surface area (Å²) in [6.07, 6.45) is 0. The summed E-state index contributed by atoms with van der Waals surface area (Å²) < 4.78 is 0. The number of hydrogen-bond donors (Lipinski definition) is 0. The third-order valence-corrected chi connectivity index (χ3v) is 3.24. The molecule has 0 amide bonds. The normalized spacial score (nSPS) is 10.3. The highest BCUT2D eigenvalue weighted by Crippen LogP contribution is 2.42. The van der Waals surface area contributed by atoms with Gasteiger partial charge >= 0.3 is 0 Å². The molecule has 0 unspecified atom stereocenters. The van der Waals surface area contributed by atoms with Crippen molar-refractivity contribution in [2.45, 2.75) is 0 Å². The summed E-state index contributed by atoms with van der Waals surface area (Å²) in [4.78, 5) is 20.8. The second-order valence-electron chi connectivity index (χ2n) is 3.79. The van der Waals surface area contributed by atoms with Crippen molar-refractivity contribution in [2.24, 2.45) is 0 Å². The summed E-state index contributed by atoms with van der Waals surface area (Å²) >= 11 is 11.6. The van der Waals surface area contributed by atoms with Gasteiger partial charge in [-0.2, -0.15) is 0 Å². The Hall–Kier alpha value is -2.18. The fourth-order valence-corrected chi connectivity index (χ4v) is 2.32. The maximum atomic E-state index is 11.1. The van der Waals surface area contributed by atoms with Crippen molar-refractivity contribution in [2.75, 3.05) is 0 Å². The number of benzene rings is 2. The maximum Gasteiger partial charge on any atom is 0.295 e. The highest BCUT2D eigenvalue weighted by atomic mass is 35.5. The van der Waals surface area contributed by atoms with E-state index in [1.54, 1.807) is 0 Å². The topological polar surface area (TPSA) is 86.3 Å². The molecule has 0 bridgehead atoms. The third kappa shape index (κ3) is 2.43. The number of nitrogens with zero attached hydrogens (tertiary/aromatic N) is 2. The zero-order valence-electron chi connectivity index (χ0n) is 9.75. The molecular formula is C12H6Cl2N2O4. The molecule has 6 nitrogen and oxygen atoms in total. The molecule has 0 aliphatic rings. The lowest BCUT2D eigenvalue weighted by Gasteiger charge is -2.06. The van der Waals surface area contributed by atoms with E-state index >= 15 is 0 Å². The van der Waals surface area contributed by atoms with Crippen LogP contribution in [0.15, 0.2) is 36.4 Å². The smallest absolute Gasteiger partial charge is 0.258 e. The van der Waals surface area contributed by atoms with E-state index in [9.17, 15) is 20.2 Å². The summed E-state index contributed by atoms with van der Waals surface area (Å²) in [5.74, 6) is 0. The number of rotatable bonds is 3. The molecule has 0 N–H and O–H groups in total. The number of para-hydroxylation sites is 2. The van der Waals surface area contributed by atoms with Crippen molar-refractivity contribution in [3.05, 3.63) is 66.7 Å². The van der Waals surface area contributed by atoms with Gasteiger partial charge in [0, 0.05) is 0 Å². The zero-order chi connectivity index (χ0) is 14.9. The average Bonchev–Trinajstić information content (AvgIpc) is 2.37. The highest BCUT2D eigenvalue weighted by molar-refractivity contribution is 6.34. The predicted molar refractivity (Wildman–Crippen MR) is 75.2 cm³/mol. The maximum absolute atomic E-state index is 11.1. The Balaban J connectivity index is 2.83. The van der Waals surface area contributed by atoms with Gasteiger partial charge in [0.25, 0.3) is 11.4 Å². The third-order valence-electron chi connectivity index (χ3n) is 2.63. The first-order chi connectivity index (χ1) is 9.43. The van der Waals surface area contributed by atoms with E-state index in [2.05, 4.69) is 0 Å². The summed E-state index contributed by atoms with van der Waals surface area (Å²) in [5.41, 5.74) is -0.674. The molecule has 0 fully saturated rings. The zero-order valence-corrected chi connectivity index (χ0v) is 11.3. The standard InChI is InChI=1S/C12H6Cl2N2O4/c13-9-5-1-3-7(11(9)15(17)18)8-4-2-6-10(14)12(8)16(19)20/h1-6H. The number of nitro groups is 2. The van der Waals surface area contributed by atoms with Crippen LogP contribution in [-0.4, -0.2) is 9.85 Å². The molecule has 102 valence electrons. The van der Waals surface area contributed by atoms with Gasteiger partial charge in [0.15, 0.2) is 0 Å². The molecule has 2 aromatic rings. The molecule has 2 rings (SSSR count). The number of nitro benzene ring substituents is 2. The molecule has 0 heterocycles. The lowest BCUT2D eigenvalue weighted by Crippen LogP contribution is -1.97. The molecule has 0 aromatic heterocycles. The lowest BCUT2D eigenvalue weighted by molar-refractivity contribution is -0.386. The van der Waals surface area contributed by atoms with Crippen molar-refractivity contribution < 1.29 is 9.85 Å². The monoisotopic (exact) mass is 312 g/mol. The highest BCUT2D eigenvalue weighted by Gasteiger charge is 2.27.